The molecule has 1 heterocycles. The molecule has 0 bridgehead atoms. The van der Waals surface area contributed by atoms with E-state index in [1.165, 1.54) is 12.8 Å². The highest BCUT2D eigenvalue weighted by atomic mass is 16.1. The molecule has 9 heavy (non-hydrogen) atoms. The molecule has 1 saturated carbocycles. The van der Waals surface area contributed by atoms with Gasteiger partial charge >= 0.3 is 0 Å². The molecule has 2 rings (SSSR count). The second-order valence-corrected chi connectivity index (χ2v) is 3.24. The first-order valence-corrected chi connectivity index (χ1v) is 3.53. The third kappa shape index (κ3) is 0.628. The Kier molecular flexibility index (Phi) is 0.943. The van der Waals surface area contributed by atoms with Crippen molar-refractivity contribution in [1.82, 2.24) is 5.32 Å². The van der Waals surface area contributed by atoms with Crippen molar-refractivity contribution in [3.05, 3.63) is 0 Å². The lowest BCUT2D eigenvalue weighted by Crippen LogP contribution is -2.13. The largest absolute Gasteiger partial charge is 0.315 e. The summed E-state index contributed by atoms with van der Waals surface area (Å²) in [5.41, 5.74) is 0.432. The second-order valence-electron chi connectivity index (χ2n) is 3.24. The van der Waals surface area contributed by atoms with Gasteiger partial charge in [-0.25, -0.2) is 0 Å². The number of carbonyl (C=O) groups is 1. The van der Waals surface area contributed by atoms with Crippen molar-refractivity contribution in [1.29, 1.82) is 0 Å². The third-order valence-electron chi connectivity index (χ3n) is 2.68. The Labute approximate surface area is 54.6 Å². The quantitative estimate of drug-likeness (QED) is 0.507. The van der Waals surface area contributed by atoms with Gasteiger partial charge in [-0.3, -0.25) is 0 Å². The molecule has 1 aliphatic carbocycles. The first kappa shape index (κ1) is 5.42. The van der Waals surface area contributed by atoms with Gasteiger partial charge in [0.2, 0.25) is 0 Å². The van der Waals surface area contributed by atoms with Crippen LogP contribution in [0.1, 0.15) is 12.8 Å². The molecule has 0 amide bonds. The zero-order valence-corrected chi connectivity index (χ0v) is 5.39. The predicted molar refractivity (Wildman–Crippen MR) is 34.1 cm³/mol. The minimum Gasteiger partial charge on any atom is -0.315 e. The van der Waals surface area contributed by atoms with Gasteiger partial charge in [-0.05, 0) is 18.3 Å². The molecular weight excluding hydrogens is 114 g/mol. The summed E-state index contributed by atoms with van der Waals surface area (Å²) in [4.78, 5) is 10.4. The van der Waals surface area contributed by atoms with Gasteiger partial charge in [0, 0.05) is 19.0 Å². The maximum atomic E-state index is 10.4. The van der Waals surface area contributed by atoms with Gasteiger partial charge < -0.3 is 10.1 Å². The smallest absolute Gasteiger partial charge is 0.124 e. The second kappa shape index (κ2) is 1.57. The monoisotopic (exact) mass is 125 g/mol. The van der Waals surface area contributed by atoms with Crippen LogP contribution in [0, 0.1) is 11.3 Å². The number of carbonyl (C=O) groups excluding carboxylic acids is 1. The summed E-state index contributed by atoms with van der Waals surface area (Å²) in [6, 6.07) is 0. The lowest BCUT2D eigenvalue weighted by atomic mass is 9.95. The Balaban J connectivity index is 2.13. The highest BCUT2D eigenvalue weighted by molar-refractivity contribution is 5.57. The topological polar surface area (TPSA) is 29.1 Å². The van der Waals surface area contributed by atoms with Gasteiger partial charge in [-0.15, -0.1) is 0 Å². The van der Waals surface area contributed by atoms with Crippen LogP contribution < -0.4 is 5.32 Å². The zero-order valence-electron chi connectivity index (χ0n) is 5.39. The lowest BCUT2D eigenvalue weighted by molar-refractivity contribution is -0.111. The summed E-state index contributed by atoms with van der Waals surface area (Å²) in [6.07, 6.45) is 3.65. The van der Waals surface area contributed by atoms with Crippen LogP contribution in [-0.2, 0) is 4.79 Å². The van der Waals surface area contributed by atoms with Crippen molar-refractivity contribution in [2.75, 3.05) is 13.1 Å². The molecule has 1 atom stereocenters. The molecule has 1 aliphatic heterocycles. The number of rotatable bonds is 1. The predicted octanol–water partition coefficient (Wildman–Crippen LogP) is 0.185. The Morgan fingerprint density at radius 1 is 1.56 bits per heavy atom. The van der Waals surface area contributed by atoms with Gasteiger partial charge in [0.1, 0.15) is 6.29 Å². The van der Waals surface area contributed by atoms with Gasteiger partial charge in [-0.1, -0.05) is 0 Å². The minimum absolute atomic E-state index is 0.331. The van der Waals surface area contributed by atoms with Crippen LogP contribution in [0.5, 0.6) is 0 Å². The summed E-state index contributed by atoms with van der Waals surface area (Å²) in [7, 11) is 0. The van der Waals surface area contributed by atoms with E-state index in [0.717, 1.165) is 19.4 Å². The lowest BCUT2D eigenvalue weighted by Gasteiger charge is -2.07. The van der Waals surface area contributed by atoms with Crippen LogP contribution in [0.25, 0.3) is 0 Å². The molecule has 50 valence electrons. The van der Waals surface area contributed by atoms with Crippen LogP contribution in [0.2, 0.25) is 0 Å². The van der Waals surface area contributed by atoms with Gasteiger partial charge in [0.05, 0.1) is 0 Å². The van der Waals surface area contributed by atoms with E-state index in [-0.39, 0.29) is 0 Å². The molecule has 0 aromatic heterocycles. The van der Waals surface area contributed by atoms with Crippen LogP contribution in [-0.4, -0.2) is 19.4 Å². The van der Waals surface area contributed by atoms with E-state index in [0.29, 0.717) is 11.3 Å². The molecule has 0 aromatic rings. The average Bonchev–Trinajstić information content (AvgIpc) is 2.45. The number of nitrogens with one attached hydrogen (secondary N) is 1. The van der Waals surface area contributed by atoms with Crippen molar-refractivity contribution in [3.8, 4) is 0 Å². The van der Waals surface area contributed by atoms with Crippen LogP contribution >= 0.6 is 0 Å². The molecule has 2 heteroatoms. The SMILES string of the molecule is O=CC1CNCC12CC2. The first-order valence-electron chi connectivity index (χ1n) is 3.53. The Morgan fingerprint density at radius 3 is 2.78 bits per heavy atom. The maximum Gasteiger partial charge on any atom is 0.124 e. The van der Waals surface area contributed by atoms with E-state index in [2.05, 4.69) is 5.32 Å². The number of hydrogen-bond donors (Lipinski definition) is 1. The molecule has 1 spiro atoms. The molecule has 1 N–H and O–H groups in total. The summed E-state index contributed by atoms with van der Waals surface area (Å²) >= 11 is 0. The summed E-state index contributed by atoms with van der Waals surface area (Å²) < 4.78 is 0. The summed E-state index contributed by atoms with van der Waals surface area (Å²) in [5, 5.41) is 3.24. The van der Waals surface area contributed by atoms with Crippen molar-refractivity contribution in [3.63, 3.8) is 0 Å². The van der Waals surface area contributed by atoms with E-state index in [4.69, 9.17) is 0 Å². The number of hydrogen-bond acceptors (Lipinski definition) is 2. The first-order chi connectivity index (χ1) is 4.37. The van der Waals surface area contributed by atoms with Crippen molar-refractivity contribution in [2.45, 2.75) is 12.8 Å². The highest BCUT2D eigenvalue weighted by Gasteiger charge is 2.51. The zero-order chi connectivity index (χ0) is 6.32. The molecule has 1 saturated heterocycles. The van der Waals surface area contributed by atoms with E-state index in [1.54, 1.807) is 0 Å². The standard InChI is InChI=1S/C7H11NO/c9-4-6-3-8-5-7(6)1-2-7/h4,6,8H,1-3,5H2. The third-order valence-corrected chi connectivity index (χ3v) is 2.68. The fourth-order valence-corrected chi connectivity index (χ4v) is 1.72. The van der Waals surface area contributed by atoms with Gasteiger partial charge in [0.15, 0.2) is 0 Å². The fourth-order valence-electron chi connectivity index (χ4n) is 1.72. The molecule has 0 aromatic carbocycles. The van der Waals surface area contributed by atoms with Crippen LogP contribution in [0.4, 0.5) is 0 Å². The summed E-state index contributed by atoms with van der Waals surface area (Å²) in [5.74, 6) is 0.331. The Morgan fingerprint density at radius 2 is 2.33 bits per heavy atom. The Hall–Kier alpha value is -0.370. The van der Waals surface area contributed by atoms with Gasteiger partial charge in [-0.2, -0.15) is 0 Å². The van der Waals surface area contributed by atoms with Crippen molar-refractivity contribution < 1.29 is 4.79 Å². The Bertz CT molecular complexity index is 140. The van der Waals surface area contributed by atoms with Crippen molar-refractivity contribution >= 4 is 6.29 Å². The van der Waals surface area contributed by atoms with Crippen LogP contribution in [0.3, 0.4) is 0 Å². The van der Waals surface area contributed by atoms with Crippen molar-refractivity contribution in [2.24, 2.45) is 11.3 Å². The normalized spacial score (nSPS) is 37.1. The van der Waals surface area contributed by atoms with E-state index in [9.17, 15) is 4.79 Å². The maximum absolute atomic E-state index is 10.4. The highest BCUT2D eigenvalue weighted by Crippen LogP contribution is 2.52. The van der Waals surface area contributed by atoms with E-state index in [1.807, 2.05) is 0 Å². The fraction of sp³-hybridized carbons (Fsp3) is 0.857. The number of aldehydes is 1. The minimum atomic E-state index is 0.331. The van der Waals surface area contributed by atoms with Crippen LogP contribution in [0.15, 0.2) is 0 Å². The molecule has 2 nitrogen and oxygen atoms in total. The molecule has 1 unspecified atom stereocenters. The molecular formula is C7H11NO. The average molecular weight is 125 g/mol. The molecule has 2 aliphatic rings. The summed E-state index contributed by atoms with van der Waals surface area (Å²) in [6.45, 7) is 2.00. The van der Waals surface area contributed by atoms with E-state index < -0.39 is 0 Å². The molecule has 0 radical (unpaired) electrons. The van der Waals surface area contributed by atoms with E-state index >= 15 is 0 Å². The van der Waals surface area contributed by atoms with Gasteiger partial charge in [0.25, 0.3) is 0 Å². The molecule has 2 fully saturated rings.